The van der Waals surface area contributed by atoms with Gasteiger partial charge in [0.25, 0.3) is 0 Å². The largest absolute Gasteiger partial charge is 0.490 e. The fourth-order valence-electron chi connectivity index (χ4n) is 3.07. The molecule has 0 bridgehead atoms. The Balaban J connectivity index is 0.00000280. The molecule has 2 aromatic carbocycles. The standard InChI is InChI=1S/C20H21Cl2NO4.ClH/c1-25-20(24)14-4-2-3-5-18(14)27-12-19-15(11-23-8-9-26-19)13-6-7-16(21)17(22)10-13;/h2-7,10,15,19,23H,8-9,11-12H2,1H3;1H/t15-,19-;/m1./s1. The molecule has 152 valence electrons. The summed E-state index contributed by atoms with van der Waals surface area (Å²) in [5.41, 5.74) is 1.41. The number of halogens is 3. The van der Waals surface area contributed by atoms with Crippen molar-refractivity contribution in [3.05, 3.63) is 63.6 Å². The molecule has 0 aromatic heterocycles. The third kappa shape index (κ3) is 5.52. The van der Waals surface area contributed by atoms with Gasteiger partial charge in [-0.05, 0) is 29.8 Å². The van der Waals surface area contributed by atoms with Gasteiger partial charge in [0.1, 0.15) is 17.9 Å². The van der Waals surface area contributed by atoms with E-state index in [2.05, 4.69) is 5.32 Å². The first-order chi connectivity index (χ1) is 13.1. The van der Waals surface area contributed by atoms with Crippen LogP contribution in [0.5, 0.6) is 5.75 Å². The second kappa shape index (κ2) is 10.9. The molecule has 1 fully saturated rings. The number of nitrogens with one attached hydrogen (secondary N) is 1. The van der Waals surface area contributed by atoms with Crippen LogP contribution in [0, 0.1) is 0 Å². The molecule has 0 unspecified atom stereocenters. The maximum atomic E-state index is 11.9. The Bertz CT molecular complexity index is 803. The van der Waals surface area contributed by atoms with Gasteiger partial charge in [-0.1, -0.05) is 41.4 Å². The summed E-state index contributed by atoms with van der Waals surface area (Å²) in [5, 5.41) is 4.39. The lowest BCUT2D eigenvalue weighted by Gasteiger charge is -2.26. The number of para-hydroxylation sites is 1. The average molecular weight is 447 g/mol. The van der Waals surface area contributed by atoms with Crippen LogP contribution in [-0.2, 0) is 9.47 Å². The highest BCUT2D eigenvalue weighted by Gasteiger charge is 2.28. The summed E-state index contributed by atoms with van der Waals surface area (Å²) in [6.07, 6.45) is -0.206. The van der Waals surface area contributed by atoms with Crippen LogP contribution in [0.25, 0.3) is 0 Å². The van der Waals surface area contributed by atoms with E-state index in [0.717, 1.165) is 18.7 Å². The highest BCUT2D eigenvalue weighted by molar-refractivity contribution is 6.42. The van der Waals surface area contributed by atoms with Crippen molar-refractivity contribution in [3.63, 3.8) is 0 Å². The van der Waals surface area contributed by atoms with Gasteiger partial charge < -0.3 is 19.5 Å². The van der Waals surface area contributed by atoms with Crippen LogP contribution in [0.4, 0.5) is 0 Å². The number of methoxy groups -OCH3 is 1. The molecular formula is C20H22Cl3NO4. The molecule has 5 nitrogen and oxygen atoms in total. The Morgan fingerprint density at radius 2 is 2.00 bits per heavy atom. The summed E-state index contributed by atoms with van der Waals surface area (Å²) in [7, 11) is 1.35. The normalized spacial score (nSPS) is 19.2. The van der Waals surface area contributed by atoms with Crippen molar-refractivity contribution < 1.29 is 19.0 Å². The molecule has 2 aromatic rings. The van der Waals surface area contributed by atoms with Gasteiger partial charge in [-0.25, -0.2) is 4.79 Å². The van der Waals surface area contributed by atoms with Crippen LogP contribution in [0.15, 0.2) is 42.5 Å². The topological polar surface area (TPSA) is 56.8 Å². The maximum absolute atomic E-state index is 11.9. The minimum atomic E-state index is -0.435. The zero-order valence-corrected chi connectivity index (χ0v) is 17.7. The van der Waals surface area contributed by atoms with Gasteiger partial charge in [-0.15, -0.1) is 12.4 Å². The lowest BCUT2D eigenvalue weighted by atomic mass is 9.93. The third-order valence-electron chi connectivity index (χ3n) is 4.49. The molecule has 8 heteroatoms. The predicted molar refractivity (Wildman–Crippen MR) is 112 cm³/mol. The lowest BCUT2D eigenvalue weighted by Crippen LogP contribution is -2.32. The van der Waals surface area contributed by atoms with E-state index in [1.807, 2.05) is 18.2 Å². The molecule has 0 aliphatic carbocycles. The molecule has 2 atom stereocenters. The van der Waals surface area contributed by atoms with E-state index >= 15 is 0 Å². The molecule has 1 saturated heterocycles. The number of esters is 1. The number of hydrogen-bond donors (Lipinski definition) is 1. The number of carbonyl (C=O) groups excluding carboxylic acids is 1. The number of carbonyl (C=O) groups is 1. The van der Waals surface area contributed by atoms with Crippen molar-refractivity contribution in [2.75, 3.05) is 33.4 Å². The van der Waals surface area contributed by atoms with Gasteiger partial charge in [0.2, 0.25) is 0 Å². The zero-order valence-electron chi connectivity index (χ0n) is 15.3. The second-order valence-electron chi connectivity index (χ2n) is 6.19. The molecule has 0 amide bonds. The smallest absolute Gasteiger partial charge is 0.341 e. The Hall–Kier alpha value is -1.50. The molecule has 28 heavy (non-hydrogen) atoms. The van der Waals surface area contributed by atoms with Gasteiger partial charge >= 0.3 is 5.97 Å². The predicted octanol–water partition coefficient (Wildman–Crippen LogP) is 4.35. The Kier molecular flexibility index (Phi) is 8.86. The highest BCUT2D eigenvalue weighted by Crippen LogP contribution is 2.30. The van der Waals surface area contributed by atoms with E-state index in [0.29, 0.717) is 34.6 Å². The average Bonchev–Trinajstić information content (AvgIpc) is 2.93. The van der Waals surface area contributed by atoms with Crippen molar-refractivity contribution in [2.45, 2.75) is 12.0 Å². The van der Waals surface area contributed by atoms with Crippen molar-refractivity contribution in [1.82, 2.24) is 5.32 Å². The van der Waals surface area contributed by atoms with Crippen molar-refractivity contribution in [1.29, 1.82) is 0 Å². The van der Waals surface area contributed by atoms with Crippen LogP contribution in [0.2, 0.25) is 10.0 Å². The zero-order chi connectivity index (χ0) is 19.2. The minimum absolute atomic E-state index is 0. The van der Waals surface area contributed by atoms with Crippen LogP contribution < -0.4 is 10.1 Å². The van der Waals surface area contributed by atoms with E-state index in [-0.39, 0.29) is 24.4 Å². The first-order valence-corrected chi connectivity index (χ1v) is 9.43. The first kappa shape index (κ1) is 22.8. The number of benzene rings is 2. The first-order valence-electron chi connectivity index (χ1n) is 8.67. The fraction of sp³-hybridized carbons (Fsp3) is 0.350. The Morgan fingerprint density at radius 1 is 1.21 bits per heavy atom. The monoisotopic (exact) mass is 445 g/mol. The van der Waals surface area contributed by atoms with E-state index in [9.17, 15) is 4.79 Å². The Morgan fingerprint density at radius 3 is 2.75 bits per heavy atom. The van der Waals surface area contributed by atoms with Crippen molar-refractivity contribution in [2.24, 2.45) is 0 Å². The molecule has 1 aliphatic heterocycles. The summed E-state index contributed by atoms with van der Waals surface area (Å²) in [5.74, 6) is 0.0701. The molecule has 0 radical (unpaired) electrons. The Labute approximate surface area is 180 Å². The minimum Gasteiger partial charge on any atom is -0.490 e. The molecule has 1 aliphatic rings. The van der Waals surface area contributed by atoms with Gasteiger partial charge in [0.05, 0.1) is 29.9 Å². The quantitative estimate of drug-likeness (QED) is 0.692. The van der Waals surface area contributed by atoms with Crippen molar-refractivity contribution >= 4 is 41.6 Å². The highest BCUT2D eigenvalue weighted by atomic mass is 35.5. The SMILES string of the molecule is COC(=O)c1ccccc1OC[C@H]1OCCNC[C@@H]1c1ccc(Cl)c(Cl)c1.Cl. The summed E-state index contributed by atoms with van der Waals surface area (Å²) in [6, 6.07) is 12.6. The van der Waals surface area contributed by atoms with Gasteiger partial charge in [-0.3, -0.25) is 0 Å². The molecule has 1 heterocycles. The van der Waals surface area contributed by atoms with Crippen molar-refractivity contribution in [3.8, 4) is 5.75 Å². The van der Waals surface area contributed by atoms with Gasteiger partial charge in [-0.2, -0.15) is 0 Å². The molecular weight excluding hydrogens is 425 g/mol. The second-order valence-corrected chi connectivity index (χ2v) is 7.01. The van der Waals surface area contributed by atoms with E-state index in [4.69, 9.17) is 37.4 Å². The summed E-state index contributed by atoms with van der Waals surface area (Å²) in [6.45, 7) is 2.35. The van der Waals surface area contributed by atoms with Crippen LogP contribution in [-0.4, -0.2) is 45.5 Å². The molecule has 3 rings (SSSR count). The molecule has 1 N–H and O–H groups in total. The fourth-order valence-corrected chi connectivity index (χ4v) is 3.38. The molecule has 0 saturated carbocycles. The van der Waals surface area contributed by atoms with Gasteiger partial charge in [0.15, 0.2) is 0 Å². The lowest BCUT2D eigenvalue weighted by molar-refractivity contribution is 0.0175. The summed E-state index contributed by atoms with van der Waals surface area (Å²) < 4.78 is 16.8. The maximum Gasteiger partial charge on any atom is 0.341 e. The summed E-state index contributed by atoms with van der Waals surface area (Å²) in [4.78, 5) is 11.9. The third-order valence-corrected chi connectivity index (χ3v) is 5.23. The number of hydrogen-bond acceptors (Lipinski definition) is 5. The van der Waals surface area contributed by atoms with Gasteiger partial charge in [0, 0.05) is 19.0 Å². The van der Waals surface area contributed by atoms with E-state index in [1.54, 1.807) is 24.3 Å². The number of rotatable bonds is 5. The number of ether oxygens (including phenoxy) is 3. The molecule has 0 spiro atoms. The van der Waals surface area contributed by atoms with E-state index < -0.39 is 5.97 Å². The van der Waals surface area contributed by atoms with Crippen LogP contribution in [0.3, 0.4) is 0 Å². The summed E-state index contributed by atoms with van der Waals surface area (Å²) >= 11 is 12.2. The van der Waals surface area contributed by atoms with Crippen LogP contribution >= 0.6 is 35.6 Å². The van der Waals surface area contributed by atoms with Crippen LogP contribution in [0.1, 0.15) is 21.8 Å². The van der Waals surface area contributed by atoms with E-state index in [1.165, 1.54) is 7.11 Å².